The average Bonchev–Trinajstić information content (AvgIpc) is 2.49. The van der Waals surface area contributed by atoms with Crippen LogP contribution in [0.4, 0.5) is 4.39 Å². The van der Waals surface area contributed by atoms with Gasteiger partial charge in [-0.2, -0.15) is 0 Å². The summed E-state index contributed by atoms with van der Waals surface area (Å²) in [5.74, 6) is 0.794. The molecule has 6 heteroatoms. The highest BCUT2D eigenvalue weighted by Gasteiger charge is 2.12. The van der Waals surface area contributed by atoms with Gasteiger partial charge >= 0.3 is 0 Å². The predicted molar refractivity (Wildman–Crippen MR) is 85.4 cm³/mol. The molecule has 0 aliphatic heterocycles. The quantitative estimate of drug-likeness (QED) is 0.468. The summed E-state index contributed by atoms with van der Waals surface area (Å²) in [5.41, 5.74) is 1.52. The molecule has 0 aromatic heterocycles. The molecule has 0 amide bonds. The number of nitrogens with zero attached hydrogens (tertiary/aromatic N) is 1. The fraction of sp³-hybridized carbons (Fsp3) is 0.188. The third-order valence-electron chi connectivity index (χ3n) is 2.83. The zero-order valence-corrected chi connectivity index (χ0v) is 13.5. The van der Waals surface area contributed by atoms with E-state index in [-0.39, 0.29) is 12.4 Å². The van der Waals surface area contributed by atoms with Crippen molar-refractivity contribution >= 4 is 22.1 Å². The van der Waals surface area contributed by atoms with Crippen molar-refractivity contribution in [2.45, 2.75) is 13.5 Å². The van der Waals surface area contributed by atoms with Crippen LogP contribution in [0.5, 0.6) is 11.5 Å². The summed E-state index contributed by atoms with van der Waals surface area (Å²) in [4.78, 5) is 0. The van der Waals surface area contributed by atoms with Crippen molar-refractivity contribution in [1.29, 1.82) is 0 Å². The first-order valence-electron chi connectivity index (χ1n) is 6.65. The first-order chi connectivity index (χ1) is 10.6. The number of halogens is 2. The van der Waals surface area contributed by atoms with Crippen molar-refractivity contribution in [2.24, 2.45) is 5.16 Å². The third kappa shape index (κ3) is 4.21. The van der Waals surface area contributed by atoms with Gasteiger partial charge < -0.3 is 14.7 Å². The number of hydrogen-bond donors (Lipinski definition) is 1. The van der Waals surface area contributed by atoms with Gasteiger partial charge in [0.1, 0.15) is 12.4 Å². The molecule has 116 valence electrons. The van der Waals surface area contributed by atoms with Crippen LogP contribution in [0.15, 0.2) is 46.0 Å². The summed E-state index contributed by atoms with van der Waals surface area (Å²) in [7, 11) is 0. The molecule has 0 aliphatic carbocycles. The zero-order chi connectivity index (χ0) is 15.9. The van der Waals surface area contributed by atoms with Gasteiger partial charge in [-0.05, 0) is 52.7 Å². The average molecular weight is 368 g/mol. The van der Waals surface area contributed by atoms with E-state index in [4.69, 9.17) is 14.7 Å². The van der Waals surface area contributed by atoms with E-state index >= 15 is 0 Å². The molecule has 0 aliphatic rings. The van der Waals surface area contributed by atoms with E-state index in [0.29, 0.717) is 28.1 Å². The summed E-state index contributed by atoms with van der Waals surface area (Å²) in [6.45, 7) is 2.62. The lowest BCUT2D eigenvalue weighted by Crippen LogP contribution is -2.01. The van der Waals surface area contributed by atoms with Crippen molar-refractivity contribution in [2.75, 3.05) is 6.61 Å². The maximum atomic E-state index is 12.9. The monoisotopic (exact) mass is 367 g/mol. The highest BCUT2D eigenvalue weighted by atomic mass is 79.9. The van der Waals surface area contributed by atoms with E-state index in [2.05, 4.69) is 21.1 Å². The molecule has 4 nitrogen and oxygen atoms in total. The van der Waals surface area contributed by atoms with Gasteiger partial charge in [0, 0.05) is 5.56 Å². The van der Waals surface area contributed by atoms with Gasteiger partial charge in [-0.25, -0.2) is 4.39 Å². The molecule has 0 atom stereocenters. The van der Waals surface area contributed by atoms with E-state index in [9.17, 15) is 4.39 Å². The van der Waals surface area contributed by atoms with E-state index in [1.807, 2.05) is 6.92 Å². The summed E-state index contributed by atoms with van der Waals surface area (Å²) >= 11 is 3.41. The first-order valence-corrected chi connectivity index (χ1v) is 7.44. The minimum absolute atomic E-state index is 0.284. The minimum Gasteiger partial charge on any atom is -0.490 e. The number of oxime groups is 1. The Hall–Kier alpha value is -2.08. The van der Waals surface area contributed by atoms with Gasteiger partial charge in [-0.1, -0.05) is 17.3 Å². The maximum absolute atomic E-state index is 12.9. The summed E-state index contributed by atoms with van der Waals surface area (Å²) in [5, 5.41) is 11.6. The van der Waals surface area contributed by atoms with Crippen molar-refractivity contribution in [3.05, 3.63) is 57.8 Å². The fourth-order valence-corrected chi connectivity index (χ4v) is 2.44. The lowest BCUT2D eigenvalue weighted by Gasteiger charge is -2.14. The van der Waals surface area contributed by atoms with Crippen LogP contribution < -0.4 is 9.47 Å². The molecule has 2 rings (SSSR count). The number of benzene rings is 2. The Morgan fingerprint density at radius 3 is 2.59 bits per heavy atom. The standard InChI is InChI=1S/C16H15BrFNO3/c1-2-21-15-8-12(9-19-20)7-14(17)16(15)22-10-11-3-5-13(18)6-4-11/h3-9,20H,2,10H2,1H3/b19-9+. The Morgan fingerprint density at radius 2 is 1.95 bits per heavy atom. The maximum Gasteiger partial charge on any atom is 0.175 e. The molecular weight excluding hydrogens is 353 g/mol. The molecule has 22 heavy (non-hydrogen) atoms. The first kappa shape index (κ1) is 16.3. The van der Waals surface area contributed by atoms with Crippen molar-refractivity contribution < 1.29 is 19.1 Å². The molecule has 1 N–H and O–H groups in total. The summed E-state index contributed by atoms with van der Waals surface area (Å²) < 4.78 is 24.9. The molecule has 0 bridgehead atoms. The molecular formula is C16H15BrFNO3. The Morgan fingerprint density at radius 1 is 1.23 bits per heavy atom. The molecule has 0 radical (unpaired) electrons. The predicted octanol–water partition coefficient (Wildman–Crippen LogP) is 4.37. The van der Waals surface area contributed by atoms with Gasteiger partial charge in [-0.15, -0.1) is 0 Å². The second kappa shape index (κ2) is 7.79. The minimum atomic E-state index is -0.285. The lowest BCUT2D eigenvalue weighted by molar-refractivity contribution is 0.267. The number of ether oxygens (including phenoxy) is 2. The number of hydrogen-bond acceptors (Lipinski definition) is 4. The van der Waals surface area contributed by atoms with E-state index in [1.54, 1.807) is 24.3 Å². The summed E-state index contributed by atoms with van der Waals surface area (Å²) in [6, 6.07) is 9.57. The van der Waals surface area contributed by atoms with Crippen LogP contribution in [0.3, 0.4) is 0 Å². The van der Waals surface area contributed by atoms with Crippen LogP contribution >= 0.6 is 15.9 Å². The lowest BCUT2D eigenvalue weighted by atomic mass is 10.2. The Kier molecular flexibility index (Phi) is 5.77. The topological polar surface area (TPSA) is 51.0 Å². The SMILES string of the molecule is CCOc1cc(/C=N/O)cc(Br)c1OCc1ccc(F)cc1. The molecule has 0 saturated carbocycles. The normalized spacial score (nSPS) is 10.9. The molecule has 0 unspecified atom stereocenters. The van der Waals surface area contributed by atoms with Crippen molar-refractivity contribution in [1.82, 2.24) is 0 Å². The van der Waals surface area contributed by atoms with Crippen LogP contribution in [0, 0.1) is 5.82 Å². The molecule has 0 fully saturated rings. The molecule has 0 spiro atoms. The van der Waals surface area contributed by atoms with E-state index in [1.165, 1.54) is 18.3 Å². The molecule has 0 heterocycles. The smallest absolute Gasteiger partial charge is 0.175 e. The van der Waals surface area contributed by atoms with Crippen LogP contribution in [0.25, 0.3) is 0 Å². The second-order valence-corrected chi connectivity index (χ2v) is 5.28. The van der Waals surface area contributed by atoms with Gasteiger partial charge in [0.25, 0.3) is 0 Å². The van der Waals surface area contributed by atoms with Gasteiger partial charge in [0.2, 0.25) is 0 Å². The van der Waals surface area contributed by atoms with Gasteiger partial charge in [0.15, 0.2) is 11.5 Å². The Labute approximate surface area is 136 Å². The van der Waals surface area contributed by atoms with E-state index in [0.717, 1.165) is 5.56 Å². The van der Waals surface area contributed by atoms with Gasteiger partial charge in [0.05, 0.1) is 17.3 Å². The van der Waals surface area contributed by atoms with Gasteiger partial charge in [-0.3, -0.25) is 0 Å². The largest absolute Gasteiger partial charge is 0.490 e. The van der Waals surface area contributed by atoms with Crippen LogP contribution in [-0.4, -0.2) is 18.0 Å². The molecule has 2 aromatic carbocycles. The molecule has 2 aromatic rings. The third-order valence-corrected chi connectivity index (χ3v) is 3.42. The molecule has 0 saturated heterocycles. The van der Waals surface area contributed by atoms with Crippen LogP contribution in [0.2, 0.25) is 0 Å². The van der Waals surface area contributed by atoms with Crippen molar-refractivity contribution in [3.8, 4) is 11.5 Å². The van der Waals surface area contributed by atoms with Crippen LogP contribution in [0.1, 0.15) is 18.1 Å². The van der Waals surface area contributed by atoms with Crippen molar-refractivity contribution in [3.63, 3.8) is 0 Å². The zero-order valence-electron chi connectivity index (χ0n) is 11.9. The Balaban J connectivity index is 2.22. The Bertz CT molecular complexity index is 659. The van der Waals surface area contributed by atoms with E-state index < -0.39 is 0 Å². The van der Waals surface area contributed by atoms with Crippen LogP contribution in [-0.2, 0) is 6.61 Å². The summed E-state index contributed by atoms with van der Waals surface area (Å²) in [6.07, 6.45) is 1.30. The second-order valence-electron chi connectivity index (χ2n) is 4.42. The number of rotatable bonds is 6. The fourth-order valence-electron chi connectivity index (χ4n) is 1.87. The highest BCUT2D eigenvalue weighted by Crippen LogP contribution is 2.37. The highest BCUT2D eigenvalue weighted by molar-refractivity contribution is 9.10.